The fraction of sp³-hybridized carbons (Fsp3) is 0.600. The molecule has 2 aliphatic carbocycles. The van der Waals surface area contributed by atoms with Gasteiger partial charge in [-0.15, -0.1) is 0 Å². The second-order valence-corrected chi connectivity index (χ2v) is 9.43. The van der Waals surface area contributed by atoms with E-state index in [1.807, 2.05) is 12.1 Å². The lowest BCUT2D eigenvalue weighted by Gasteiger charge is -2.38. The average molecular weight is 387 g/mol. The number of rotatable bonds is 4. The van der Waals surface area contributed by atoms with Crippen LogP contribution in [-0.4, -0.2) is 0 Å². The predicted octanol–water partition coefficient (Wildman–Crippen LogP) is 8.51. The quantitative estimate of drug-likeness (QED) is 0.493. The highest BCUT2D eigenvalue weighted by Gasteiger charge is 2.31. The molecule has 0 radical (unpaired) electrons. The maximum atomic E-state index is 14.2. The Morgan fingerprint density at radius 3 is 2.22 bits per heavy atom. The van der Waals surface area contributed by atoms with Crippen molar-refractivity contribution >= 4 is 22.4 Å². The predicted molar refractivity (Wildman–Crippen MR) is 114 cm³/mol. The molecule has 4 rings (SSSR count). The van der Waals surface area contributed by atoms with Gasteiger partial charge in [0.05, 0.1) is 5.02 Å². The Bertz CT molecular complexity index is 767. The van der Waals surface area contributed by atoms with Gasteiger partial charge in [-0.25, -0.2) is 4.39 Å². The lowest BCUT2D eigenvalue weighted by molar-refractivity contribution is 0.156. The van der Waals surface area contributed by atoms with Gasteiger partial charge in [0.2, 0.25) is 0 Å². The van der Waals surface area contributed by atoms with Crippen molar-refractivity contribution in [1.29, 1.82) is 0 Å². The SMILES string of the molecule is CCCC1CCC(C2CCC(c3ccc4c(F)c(Cl)ccc4c3)CC2)CC1. The number of fused-ring (bicyclic) bond motifs is 1. The van der Waals surface area contributed by atoms with Gasteiger partial charge in [-0.05, 0) is 79.2 Å². The van der Waals surface area contributed by atoms with Crippen LogP contribution in [-0.2, 0) is 0 Å². The molecule has 0 unspecified atom stereocenters. The van der Waals surface area contributed by atoms with Gasteiger partial charge in [-0.1, -0.05) is 68.5 Å². The first-order valence-electron chi connectivity index (χ1n) is 11.0. The van der Waals surface area contributed by atoms with Crippen molar-refractivity contribution in [3.05, 3.63) is 46.7 Å². The molecule has 0 N–H and O–H groups in total. The summed E-state index contributed by atoms with van der Waals surface area (Å²) in [5, 5.41) is 1.83. The van der Waals surface area contributed by atoms with Crippen molar-refractivity contribution in [3.63, 3.8) is 0 Å². The van der Waals surface area contributed by atoms with E-state index < -0.39 is 0 Å². The summed E-state index contributed by atoms with van der Waals surface area (Å²) in [6, 6.07) is 9.87. The van der Waals surface area contributed by atoms with E-state index in [2.05, 4.69) is 19.1 Å². The lowest BCUT2D eigenvalue weighted by Crippen LogP contribution is -2.25. The highest BCUT2D eigenvalue weighted by Crippen LogP contribution is 2.44. The zero-order valence-electron chi connectivity index (χ0n) is 16.5. The summed E-state index contributed by atoms with van der Waals surface area (Å²) < 4.78 is 14.2. The number of hydrogen-bond donors (Lipinski definition) is 0. The van der Waals surface area contributed by atoms with Crippen LogP contribution in [0.4, 0.5) is 4.39 Å². The number of halogens is 2. The van der Waals surface area contributed by atoms with Gasteiger partial charge in [-0.2, -0.15) is 0 Å². The Morgan fingerprint density at radius 2 is 1.56 bits per heavy atom. The van der Waals surface area contributed by atoms with E-state index in [9.17, 15) is 4.39 Å². The molecule has 2 aromatic carbocycles. The molecule has 27 heavy (non-hydrogen) atoms. The van der Waals surface area contributed by atoms with E-state index in [0.717, 1.165) is 23.1 Å². The van der Waals surface area contributed by atoms with Crippen molar-refractivity contribution in [1.82, 2.24) is 0 Å². The van der Waals surface area contributed by atoms with Crippen LogP contribution in [0.3, 0.4) is 0 Å². The molecule has 0 nitrogen and oxygen atoms in total. The van der Waals surface area contributed by atoms with Gasteiger partial charge in [-0.3, -0.25) is 0 Å². The topological polar surface area (TPSA) is 0 Å². The molecule has 2 aromatic rings. The third kappa shape index (κ3) is 4.19. The molecule has 2 aliphatic rings. The summed E-state index contributed by atoms with van der Waals surface area (Å²) in [6.07, 6.45) is 14.0. The smallest absolute Gasteiger partial charge is 0.149 e. The van der Waals surface area contributed by atoms with Crippen LogP contribution in [0.15, 0.2) is 30.3 Å². The van der Waals surface area contributed by atoms with Gasteiger partial charge in [0.25, 0.3) is 0 Å². The van der Waals surface area contributed by atoms with Gasteiger partial charge in [0.15, 0.2) is 0 Å². The molecule has 2 saturated carbocycles. The molecular formula is C25H32ClF. The molecular weight excluding hydrogens is 355 g/mol. The summed E-state index contributed by atoms with van der Waals surface area (Å²) in [5.41, 5.74) is 1.38. The Morgan fingerprint density at radius 1 is 0.889 bits per heavy atom. The van der Waals surface area contributed by atoms with Gasteiger partial charge in [0.1, 0.15) is 5.82 Å². The molecule has 2 heteroatoms. The molecule has 2 fully saturated rings. The molecule has 0 aliphatic heterocycles. The molecule has 0 saturated heterocycles. The normalized spacial score (nSPS) is 29.1. The van der Waals surface area contributed by atoms with E-state index in [0.29, 0.717) is 11.3 Å². The standard InChI is InChI=1S/C25H32ClF/c1-2-3-17-4-6-18(7-5-17)19-8-10-20(11-9-19)21-12-14-23-22(16-21)13-15-24(26)25(23)27/h12-20H,2-11H2,1H3. The first-order valence-corrected chi connectivity index (χ1v) is 11.4. The summed E-state index contributed by atoms with van der Waals surface area (Å²) in [5.74, 6) is 3.28. The average Bonchev–Trinajstić information content (AvgIpc) is 2.72. The minimum atomic E-state index is -0.289. The molecule has 0 atom stereocenters. The fourth-order valence-corrected chi connectivity index (χ4v) is 5.98. The second-order valence-electron chi connectivity index (χ2n) is 9.02. The van der Waals surface area contributed by atoms with E-state index in [-0.39, 0.29) is 10.8 Å². The van der Waals surface area contributed by atoms with Gasteiger partial charge < -0.3 is 0 Å². The maximum absolute atomic E-state index is 14.2. The van der Waals surface area contributed by atoms with Crippen molar-refractivity contribution in [3.8, 4) is 0 Å². The lowest BCUT2D eigenvalue weighted by atomic mass is 9.68. The highest BCUT2D eigenvalue weighted by atomic mass is 35.5. The molecule has 0 aromatic heterocycles. The summed E-state index contributed by atoms with van der Waals surface area (Å²) in [4.78, 5) is 0. The molecule has 0 heterocycles. The van der Waals surface area contributed by atoms with Gasteiger partial charge in [0, 0.05) is 5.39 Å². The third-order valence-corrected chi connectivity index (χ3v) is 7.72. The molecule has 0 spiro atoms. The first kappa shape index (κ1) is 19.2. The summed E-state index contributed by atoms with van der Waals surface area (Å²) in [6.45, 7) is 2.32. The minimum absolute atomic E-state index is 0.212. The van der Waals surface area contributed by atoms with Crippen LogP contribution < -0.4 is 0 Å². The van der Waals surface area contributed by atoms with Crippen LogP contribution in [0, 0.1) is 23.6 Å². The fourth-order valence-electron chi connectivity index (χ4n) is 5.82. The monoisotopic (exact) mass is 386 g/mol. The van der Waals surface area contributed by atoms with E-state index in [4.69, 9.17) is 11.6 Å². The summed E-state index contributed by atoms with van der Waals surface area (Å²) >= 11 is 5.92. The third-order valence-electron chi connectivity index (χ3n) is 7.43. The Balaban J connectivity index is 1.37. The second kappa shape index (κ2) is 8.52. The van der Waals surface area contributed by atoms with E-state index in [1.165, 1.54) is 69.8 Å². The Kier molecular flexibility index (Phi) is 6.07. The van der Waals surface area contributed by atoms with Crippen LogP contribution in [0.2, 0.25) is 5.02 Å². The van der Waals surface area contributed by atoms with Crippen molar-refractivity contribution < 1.29 is 4.39 Å². The summed E-state index contributed by atoms with van der Waals surface area (Å²) in [7, 11) is 0. The molecule has 0 bridgehead atoms. The van der Waals surface area contributed by atoms with Crippen molar-refractivity contribution in [2.45, 2.75) is 77.0 Å². The van der Waals surface area contributed by atoms with Crippen LogP contribution in [0.25, 0.3) is 10.8 Å². The van der Waals surface area contributed by atoms with E-state index >= 15 is 0 Å². The zero-order valence-corrected chi connectivity index (χ0v) is 17.3. The maximum Gasteiger partial charge on any atom is 0.149 e. The largest absolute Gasteiger partial charge is 0.205 e. The minimum Gasteiger partial charge on any atom is -0.205 e. The van der Waals surface area contributed by atoms with Crippen LogP contribution in [0.5, 0.6) is 0 Å². The highest BCUT2D eigenvalue weighted by molar-refractivity contribution is 6.31. The number of benzene rings is 2. The van der Waals surface area contributed by atoms with Crippen LogP contribution in [0.1, 0.15) is 82.6 Å². The first-order chi connectivity index (χ1) is 13.2. The Labute approximate surface area is 168 Å². The zero-order chi connectivity index (χ0) is 18.8. The van der Waals surface area contributed by atoms with Gasteiger partial charge >= 0.3 is 0 Å². The van der Waals surface area contributed by atoms with Crippen molar-refractivity contribution in [2.75, 3.05) is 0 Å². The molecule has 146 valence electrons. The Hall–Kier alpha value is -1.08. The van der Waals surface area contributed by atoms with Crippen molar-refractivity contribution in [2.24, 2.45) is 17.8 Å². The van der Waals surface area contributed by atoms with Crippen LogP contribution >= 0.6 is 11.6 Å². The number of hydrogen-bond acceptors (Lipinski definition) is 0. The van der Waals surface area contributed by atoms with E-state index in [1.54, 1.807) is 6.07 Å². The molecule has 0 amide bonds.